The molecule has 2 fully saturated rings. The van der Waals surface area contributed by atoms with Crippen LogP contribution in [0, 0.1) is 11.8 Å². The molecule has 3 atom stereocenters. The summed E-state index contributed by atoms with van der Waals surface area (Å²) in [5.74, 6) is -0.519. The van der Waals surface area contributed by atoms with Crippen LogP contribution in [0.15, 0.2) is 0 Å². The summed E-state index contributed by atoms with van der Waals surface area (Å²) in [6.07, 6.45) is 2.54. The number of ether oxygens (including phenoxy) is 1. The van der Waals surface area contributed by atoms with E-state index in [1.54, 1.807) is 0 Å². The molecule has 0 aromatic carbocycles. The fourth-order valence-electron chi connectivity index (χ4n) is 2.67. The van der Waals surface area contributed by atoms with Gasteiger partial charge in [-0.3, -0.25) is 9.69 Å². The third kappa shape index (κ3) is 2.38. The Kier molecular flexibility index (Phi) is 3.50. The van der Waals surface area contributed by atoms with Gasteiger partial charge >= 0.3 is 5.97 Å². The molecule has 4 nitrogen and oxygen atoms in total. The Bertz CT molecular complexity index is 263. The van der Waals surface area contributed by atoms with Gasteiger partial charge in [-0.15, -0.1) is 0 Å². The summed E-state index contributed by atoms with van der Waals surface area (Å²) in [6.45, 7) is 6.68. The third-order valence-electron chi connectivity index (χ3n) is 4.01. The molecule has 0 amide bonds. The van der Waals surface area contributed by atoms with Crippen molar-refractivity contribution < 1.29 is 14.6 Å². The van der Waals surface area contributed by atoms with Crippen molar-refractivity contribution in [1.82, 2.24) is 4.90 Å². The summed E-state index contributed by atoms with van der Waals surface area (Å²) >= 11 is 0. The molecule has 2 rings (SSSR count). The molecule has 2 aliphatic heterocycles. The lowest BCUT2D eigenvalue weighted by atomic mass is 9.84. The largest absolute Gasteiger partial charge is 0.481 e. The summed E-state index contributed by atoms with van der Waals surface area (Å²) in [5.41, 5.74) is 0. The Labute approximate surface area is 96.6 Å². The molecular formula is C12H21NO3. The van der Waals surface area contributed by atoms with Crippen LogP contribution >= 0.6 is 0 Å². The van der Waals surface area contributed by atoms with E-state index in [0.717, 1.165) is 32.5 Å². The smallest absolute Gasteiger partial charge is 0.306 e. The SMILES string of the molecule is CC1CC(N2CC(C(C)C(=O)O)C2)CCO1. The topological polar surface area (TPSA) is 49.8 Å². The molecule has 4 heteroatoms. The van der Waals surface area contributed by atoms with E-state index in [-0.39, 0.29) is 5.92 Å². The van der Waals surface area contributed by atoms with Gasteiger partial charge in [0.15, 0.2) is 0 Å². The van der Waals surface area contributed by atoms with Gasteiger partial charge in [0.25, 0.3) is 0 Å². The van der Waals surface area contributed by atoms with E-state index in [1.165, 1.54) is 0 Å². The minimum Gasteiger partial charge on any atom is -0.481 e. The Morgan fingerprint density at radius 1 is 1.50 bits per heavy atom. The number of aliphatic carboxylic acids is 1. The molecule has 2 saturated heterocycles. The lowest BCUT2D eigenvalue weighted by Crippen LogP contribution is -2.56. The van der Waals surface area contributed by atoms with E-state index in [2.05, 4.69) is 11.8 Å². The van der Waals surface area contributed by atoms with Gasteiger partial charge in [0.05, 0.1) is 12.0 Å². The standard InChI is InChI=1S/C12H21NO3/c1-8-5-11(3-4-16-8)13-6-10(7-13)9(2)12(14)15/h8-11H,3-7H2,1-2H3,(H,14,15). The second-order valence-electron chi connectivity index (χ2n) is 5.20. The fourth-order valence-corrected chi connectivity index (χ4v) is 2.67. The lowest BCUT2D eigenvalue weighted by molar-refractivity contribution is -0.147. The zero-order valence-electron chi connectivity index (χ0n) is 10.1. The van der Waals surface area contributed by atoms with Crippen LogP contribution in [0.3, 0.4) is 0 Å². The molecule has 1 N–H and O–H groups in total. The summed E-state index contributed by atoms with van der Waals surface area (Å²) < 4.78 is 5.52. The Morgan fingerprint density at radius 3 is 2.75 bits per heavy atom. The van der Waals surface area contributed by atoms with Crippen LogP contribution in [0.5, 0.6) is 0 Å². The highest BCUT2D eigenvalue weighted by Gasteiger charge is 2.38. The fraction of sp³-hybridized carbons (Fsp3) is 0.917. The second kappa shape index (κ2) is 4.72. The van der Waals surface area contributed by atoms with Crippen molar-refractivity contribution >= 4 is 5.97 Å². The van der Waals surface area contributed by atoms with Crippen LogP contribution < -0.4 is 0 Å². The molecule has 0 aromatic heterocycles. The second-order valence-corrected chi connectivity index (χ2v) is 5.20. The number of rotatable bonds is 3. The van der Waals surface area contributed by atoms with E-state index >= 15 is 0 Å². The van der Waals surface area contributed by atoms with E-state index in [1.807, 2.05) is 6.92 Å². The van der Waals surface area contributed by atoms with Crippen molar-refractivity contribution in [2.45, 2.75) is 38.8 Å². The predicted octanol–water partition coefficient (Wildman–Crippen LogP) is 1.21. The first-order chi connectivity index (χ1) is 7.58. The Balaban J connectivity index is 1.77. The van der Waals surface area contributed by atoms with Gasteiger partial charge in [-0.2, -0.15) is 0 Å². The molecule has 0 bridgehead atoms. The van der Waals surface area contributed by atoms with Crippen LogP contribution in [0.2, 0.25) is 0 Å². The van der Waals surface area contributed by atoms with E-state index in [0.29, 0.717) is 18.1 Å². The van der Waals surface area contributed by atoms with Gasteiger partial charge < -0.3 is 9.84 Å². The van der Waals surface area contributed by atoms with Gasteiger partial charge in [0.2, 0.25) is 0 Å². The van der Waals surface area contributed by atoms with Crippen LogP contribution in [0.1, 0.15) is 26.7 Å². The van der Waals surface area contributed by atoms with E-state index < -0.39 is 5.97 Å². The maximum Gasteiger partial charge on any atom is 0.306 e. The maximum atomic E-state index is 10.8. The zero-order valence-corrected chi connectivity index (χ0v) is 10.1. The molecule has 0 spiro atoms. The number of likely N-dealkylation sites (tertiary alicyclic amines) is 1. The summed E-state index contributed by atoms with van der Waals surface area (Å²) in [5, 5.41) is 8.92. The van der Waals surface area contributed by atoms with Crippen molar-refractivity contribution in [1.29, 1.82) is 0 Å². The number of hydrogen-bond acceptors (Lipinski definition) is 3. The number of carboxylic acids is 1. The summed E-state index contributed by atoms with van der Waals surface area (Å²) in [7, 11) is 0. The van der Waals surface area contributed by atoms with Crippen molar-refractivity contribution in [2.75, 3.05) is 19.7 Å². The van der Waals surface area contributed by atoms with Gasteiger partial charge in [0, 0.05) is 25.7 Å². The Morgan fingerprint density at radius 2 is 2.19 bits per heavy atom. The molecule has 0 radical (unpaired) electrons. The summed E-state index contributed by atoms with van der Waals surface area (Å²) in [6, 6.07) is 0.612. The van der Waals surface area contributed by atoms with Crippen LogP contribution in [-0.4, -0.2) is 47.8 Å². The molecule has 0 aliphatic carbocycles. The monoisotopic (exact) mass is 227 g/mol. The molecule has 2 heterocycles. The highest BCUT2D eigenvalue weighted by atomic mass is 16.5. The first-order valence-corrected chi connectivity index (χ1v) is 6.16. The number of hydrogen-bond donors (Lipinski definition) is 1. The summed E-state index contributed by atoms with van der Waals surface area (Å²) in [4.78, 5) is 13.2. The van der Waals surface area contributed by atoms with E-state index in [9.17, 15) is 4.79 Å². The normalized spacial score (nSPS) is 34.4. The molecule has 92 valence electrons. The minimum atomic E-state index is -0.662. The van der Waals surface area contributed by atoms with E-state index in [4.69, 9.17) is 9.84 Å². The average Bonchev–Trinajstić information content (AvgIpc) is 2.15. The third-order valence-corrected chi connectivity index (χ3v) is 4.01. The zero-order chi connectivity index (χ0) is 11.7. The molecule has 16 heavy (non-hydrogen) atoms. The molecule has 0 aromatic rings. The van der Waals surface area contributed by atoms with Crippen molar-refractivity contribution in [3.05, 3.63) is 0 Å². The first-order valence-electron chi connectivity index (χ1n) is 6.16. The van der Waals surface area contributed by atoms with Crippen LogP contribution in [-0.2, 0) is 9.53 Å². The quantitative estimate of drug-likeness (QED) is 0.787. The van der Waals surface area contributed by atoms with Crippen molar-refractivity contribution in [3.8, 4) is 0 Å². The highest BCUT2D eigenvalue weighted by molar-refractivity contribution is 5.70. The molecular weight excluding hydrogens is 206 g/mol. The van der Waals surface area contributed by atoms with Gasteiger partial charge in [-0.25, -0.2) is 0 Å². The van der Waals surface area contributed by atoms with Crippen LogP contribution in [0.25, 0.3) is 0 Å². The molecule has 3 unspecified atom stereocenters. The molecule has 0 saturated carbocycles. The molecule has 2 aliphatic rings. The predicted molar refractivity (Wildman–Crippen MR) is 60.3 cm³/mol. The van der Waals surface area contributed by atoms with Gasteiger partial charge in [-0.05, 0) is 25.7 Å². The van der Waals surface area contributed by atoms with Crippen LogP contribution in [0.4, 0.5) is 0 Å². The van der Waals surface area contributed by atoms with Crippen molar-refractivity contribution in [2.24, 2.45) is 11.8 Å². The lowest BCUT2D eigenvalue weighted by Gasteiger charge is -2.47. The maximum absolute atomic E-state index is 10.8. The average molecular weight is 227 g/mol. The highest BCUT2D eigenvalue weighted by Crippen LogP contribution is 2.30. The van der Waals surface area contributed by atoms with Crippen molar-refractivity contribution in [3.63, 3.8) is 0 Å². The van der Waals surface area contributed by atoms with Gasteiger partial charge in [0.1, 0.15) is 0 Å². The van der Waals surface area contributed by atoms with Gasteiger partial charge in [-0.1, -0.05) is 6.92 Å². The number of carboxylic acid groups (broad SMARTS) is 1. The minimum absolute atomic E-state index is 0.200. The Hall–Kier alpha value is -0.610. The number of nitrogens with zero attached hydrogens (tertiary/aromatic N) is 1. The number of carbonyl (C=O) groups is 1. The first kappa shape index (κ1) is 11.9.